The van der Waals surface area contributed by atoms with Gasteiger partial charge in [0.05, 0.1) is 7.11 Å². The number of nitrogens with zero attached hydrogens (tertiary/aromatic N) is 1. The maximum atomic E-state index is 13.2. The van der Waals surface area contributed by atoms with Gasteiger partial charge in [0.2, 0.25) is 0 Å². The van der Waals surface area contributed by atoms with Crippen LogP contribution in [0, 0.1) is 5.92 Å². The van der Waals surface area contributed by atoms with Crippen molar-refractivity contribution in [1.82, 2.24) is 4.90 Å². The third-order valence-electron chi connectivity index (χ3n) is 3.40. The van der Waals surface area contributed by atoms with Crippen molar-refractivity contribution in [3.05, 3.63) is 0 Å². The molecule has 0 aromatic heterocycles. The topological polar surface area (TPSA) is 55.8 Å². The second-order valence-corrected chi connectivity index (χ2v) is 6.40. The van der Waals surface area contributed by atoms with Gasteiger partial charge in [0.25, 0.3) is 0 Å². The van der Waals surface area contributed by atoms with Gasteiger partial charge >= 0.3 is 18.2 Å². The van der Waals surface area contributed by atoms with Crippen LogP contribution in [0.15, 0.2) is 0 Å². The van der Waals surface area contributed by atoms with Crippen molar-refractivity contribution in [2.75, 3.05) is 13.7 Å². The van der Waals surface area contributed by atoms with E-state index in [1.807, 2.05) is 0 Å². The van der Waals surface area contributed by atoms with Crippen LogP contribution in [-0.4, -0.2) is 48.4 Å². The molecular weight excluding hydrogens is 303 g/mol. The fourth-order valence-electron chi connectivity index (χ4n) is 2.39. The van der Waals surface area contributed by atoms with Crippen LogP contribution in [0.3, 0.4) is 0 Å². The third-order valence-corrected chi connectivity index (χ3v) is 3.40. The molecule has 2 atom stereocenters. The number of carbonyl (C=O) groups is 2. The number of likely N-dealkylation sites (tertiary alicyclic amines) is 1. The molecule has 1 aliphatic heterocycles. The van der Waals surface area contributed by atoms with E-state index >= 15 is 0 Å². The Morgan fingerprint density at radius 1 is 1.23 bits per heavy atom. The highest BCUT2D eigenvalue weighted by atomic mass is 19.4. The Bertz CT molecular complexity index is 417. The molecule has 0 N–H and O–H groups in total. The summed E-state index contributed by atoms with van der Waals surface area (Å²) in [5.74, 6) is -1.01. The first-order valence-corrected chi connectivity index (χ1v) is 7.07. The lowest BCUT2D eigenvalue weighted by Crippen LogP contribution is -2.54. The van der Waals surface area contributed by atoms with E-state index in [9.17, 15) is 22.8 Å². The summed E-state index contributed by atoms with van der Waals surface area (Å²) in [7, 11) is 1.19. The van der Waals surface area contributed by atoms with E-state index in [-0.39, 0.29) is 19.4 Å². The van der Waals surface area contributed by atoms with Crippen molar-refractivity contribution in [3.63, 3.8) is 0 Å². The van der Waals surface area contributed by atoms with Crippen molar-refractivity contribution < 1.29 is 32.2 Å². The van der Waals surface area contributed by atoms with Crippen LogP contribution in [0.1, 0.15) is 40.0 Å². The number of amides is 1. The largest absolute Gasteiger partial charge is 0.469 e. The fourth-order valence-corrected chi connectivity index (χ4v) is 2.39. The molecule has 1 rings (SSSR count). The summed E-state index contributed by atoms with van der Waals surface area (Å²) < 4.78 is 49.2. The molecule has 2 unspecified atom stereocenters. The standard InChI is InChI=1S/C14H22F3NO4/c1-13(2,3)22-12(20)18-6-5-9(8-11(19)21-4)7-10(18)14(15,16)17/h9-10H,5-8H2,1-4H3. The van der Waals surface area contributed by atoms with E-state index in [4.69, 9.17) is 4.74 Å². The van der Waals surface area contributed by atoms with Gasteiger partial charge in [-0.2, -0.15) is 13.2 Å². The number of ether oxygens (including phenoxy) is 2. The summed E-state index contributed by atoms with van der Waals surface area (Å²) in [6.45, 7) is 4.69. The molecule has 5 nitrogen and oxygen atoms in total. The average molecular weight is 325 g/mol. The maximum absolute atomic E-state index is 13.2. The minimum atomic E-state index is -4.56. The molecule has 8 heteroatoms. The zero-order valence-electron chi connectivity index (χ0n) is 13.2. The van der Waals surface area contributed by atoms with Gasteiger partial charge in [-0.25, -0.2) is 4.79 Å². The molecule has 0 aliphatic carbocycles. The van der Waals surface area contributed by atoms with E-state index in [0.717, 1.165) is 0 Å². The highest BCUT2D eigenvalue weighted by Gasteiger charge is 2.49. The molecule has 1 heterocycles. The lowest BCUT2D eigenvalue weighted by Gasteiger charge is -2.40. The van der Waals surface area contributed by atoms with Gasteiger partial charge in [-0.3, -0.25) is 9.69 Å². The van der Waals surface area contributed by atoms with E-state index in [1.54, 1.807) is 20.8 Å². The van der Waals surface area contributed by atoms with Crippen LogP contribution in [0.2, 0.25) is 0 Å². The van der Waals surface area contributed by atoms with Crippen LogP contribution in [-0.2, 0) is 14.3 Å². The zero-order chi connectivity index (χ0) is 17.1. The molecular formula is C14H22F3NO4. The predicted octanol–water partition coefficient (Wildman–Crippen LogP) is 3.13. The normalized spacial score (nSPS) is 23.1. The lowest BCUT2D eigenvalue weighted by atomic mass is 9.88. The summed E-state index contributed by atoms with van der Waals surface area (Å²) >= 11 is 0. The molecule has 0 radical (unpaired) electrons. The number of rotatable bonds is 2. The molecule has 0 spiro atoms. The van der Waals surface area contributed by atoms with Gasteiger partial charge in [-0.1, -0.05) is 0 Å². The number of methoxy groups -OCH3 is 1. The van der Waals surface area contributed by atoms with E-state index in [1.165, 1.54) is 7.11 Å². The minimum absolute atomic E-state index is 0.0781. The highest BCUT2D eigenvalue weighted by Crippen LogP contribution is 2.36. The number of esters is 1. The number of alkyl halides is 3. The van der Waals surface area contributed by atoms with E-state index < -0.39 is 35.8 Å². The Balaban J connectivity index is 2.82. The van der Waals surface area contributed by atoms with Crippen LogP contribution < -0.4 is 0 Å². The molecule has 0 aromatic carbocycles. The Morgan fingerprint density at radius 2 is 1.82 bits per heavy atom. The third kappa shape index (κ3) is 5.38. The van der Waals surface area contributed by atoms with Crippen LogP contribution in [0.25, 0.3) is 0 Å². The molecule has 0 bridgehead atoms. The van der Waals surface area contributed by atoms with Crippen molar-refractivity contribution in [2.45, 2.75) is 57.9 Å². The zero-order valence-corrected chi connectivity index (χ0v) is 13.2. The maximum Gasteiger partial charge on any atom is 0.410 e. The summed E-state index contributed by atoms with van der Waals surface area (Å²) in [5.41, 5.74) is -0.865. The van der Waals surface area contributed by atoms with Gasteiger partial charge in [0.15, 0.2) is 0 Å². The molecule has 22 heavy (non-hydrogen) atoms. The number of carbonyl (C=O) groups excluding carboxylic acids is 2. The summed E-state index contributed by atoms with van der Waals surface area (Å²) in [4.78, 5) is 23.9. The SMILES string of the molecule is COC(=O)CC1CCN(C(=O)OC(C)(C)C)C(C(F)(F)F)C1. The quantitative estimate of drug-likeness (QED) is 0.732. The summed E-state index contributed by atoms with van der Waals surface area (Å²) in [6.07, 6.45) is -5.64. The smallest absolute Gasteiger partial charge is 0.410 e. The highest BCUT2D eigenvalue weighted by molar-refractivity contribution is 5.70. The first-order chi connectivity index (χ1) is 9.94. The Kier molecular flexibility index (Phi) is 5.70. The van der Waals surface area contributed by atoms with Crippen molar-refractivity contribution in [1.29, 1.82) is 0 Å². The monoisotopic (exact) mass is 325 g/mol. The van der Waals surface area contributed by atoms with Gasteiger partial charge in [-0.15, -0.1) is 0 Å². The second kappa shape index (κ2) is 6.75. The number of halogens is 3. The Morgan fingerprint density at radius 3 is 2.27 bits per heavy atom. The molecule has 0 aromatic rings. The number of piperidine rings is 1. The van der Waals surface area contributed by atoms with E-state index in [0.29, 0.717) is 11.3 Å². The lowest BCUT2D eigenvalue weighted by molar-refractivity contribution is -0.192. The van der Waals surface area contributed by atoms with Gasteiger partial charge in [-0.05, 0) is 39.5 Å². The molecule has 0 saturated carbocycles. The minimum Gasteiger partial charge on any atom is -0.469 e. The number of hydrogen-bond acceptors (Lipinski definition) is 4. The van der Waals surface area contributed by atoms with Crippen molar-refractivity contribution in [3.8, 4) is 0 Å². The molecule has 1 aliphatic rings. The van der Waals surface area contributed by atoms with Gasteiger partial charge < -0.3 is 9.47 Å². The van der Waals surface area contributed by atoms with Crippen LogP contribution >= 0.6 is 0 Å². The molecule has 1 fully saturated rings. The van der Waals surface area contributed by atoms with Crippen molar-refractivity contribution in [2.24, 2.45) is 5.92 Å². The predicted molar refractivity (Wildman–Crippen MR) is 72.1 cm³/mol. The van der Waals surface area contributed by atoms with Gasteiger partial charge in [0, 0.05) is 13.0 Å². The van der Waals surface area contributed by atoms with Gasteiger partial charge in [0.1, 0.15) is 11.6 Å². The fraction of sp³-hybridized carbons (Fsp3) is 0.857. The Labute approximate surface area is 127 Å². The number of hydrogen-bond donors (Lipinski definition) is 0. The summed E-state index contributed by atoms with van der Waals surface area (Å²) in [6, 6.07) is -1.94. The molecule has 1 saturated heterocycles. The summed E-state index contributed by atoms with van der Waals surface area (Å²) in [5, 5.41) is 0. The van der Waals surface area contributed by atoms with E-state index in [2.05, 4.69) is 4.74 Å². The van der Waals surface area contributed by atoms with Crippen LogP contribution in [0.4, 0.5) is 18.0 Å². The first kappa shape index (κ1) is 18.6. The molecule has 128 valence electrons. The Hall–Kier alpha value is -1.47. The second-order valence-electron chi connectivity index (χ2n) is 6.40. The van der Waals surface area contributed by atoms with Crippen molar-refractivity contribution >= 4 is 12.1 Å². The molecule has 1 amide bonds. The van der Waals surface area contributed by atoms with Crippen LogP contribution in [0.5, 0.6) is 0 Å². The average Bonchev–Trinajstić information content (AvgIpc) is 2.35. The first-order valence-electron chi connectivity index (χ1n) is 7.07.